The van der Waals surface area contributed by atoms with E-state index in [4.69, 9.17) is 24.7 Å². The molecule has 3 N–H and O–H groups in total. The smallest absolute Gasteiger partial charge is 0.170 e. The van der Waals surface area contributed by atoms with Gasteiger partial charge in [-0.2, -0.15) is 0 Å². The fourth-order valence-corrected chi connectivity index (χ4v) is 13.9. The van der Waals surface area contributed by atoms with Crippen LogP contribution in [0, 0.1) is 50.7 Å². The summed E-state index contributed by atoms with van der Waals surface area (Å²) >= 11 is 0. The van der Waals surface area contributed by atoms with E-state index >= 15 is 0 Å². The highest BCUT2D eigenvalue weighted by molar-refractivity contribution is 5.31. The lowest BCUT2D eigenvalue weighted by Crippen LogP contribution is -2.60. The lowest BCUT2D eigenvalue weighted by molar-refractivity contribution is -0.255. The van der Waals surface area contributed by atoms with Crippen LogP contribution < -0.4 is 5.73 Å². The van der Waals surface area contributed by atoms with Gasteiger partial charge in [-0.1, -0.05) is 48.5 Å². The Morgan fingerprint density at radius 2 is 1.65 bits per heavy atom. The van der Waals surface area contributed by atoms with Gasteiger partial charge in [0.25, 0.3) is 0 Å². The molecule has 8 aliphatic rings. The van der Waals surface area contributed by atoms with Crippen LogP contribution in [0.5, 0.6) is 0 Å². The van der Waals surface area contributed by atoms with Crippen LogP contribution in [0.3, 0.4) is 0 Å². The SMILES string of the molecule is CC.CC1C[C@H]([C@H](N)C(C)(C)O)O[C@@H]2C[C@@]3(C)C4CC[C@H]5C(C)(C)C(OC6CN(C7COC7)CCO6)CCC56CC46CC[C@]3(C)[C@@H]12. The highest BCUT2D eigenvalue weighted by atomic mass is 16.7. The van der Waals surface area contributed by atoms with E-state index in [9.17, 15) is 5.11 Å². The Hall–Kier alpha value is -0.280. The highest BCUT2D eigenvalue weighted by Crippen LogP contribution is 2.89. The van der Waals surface area contributed by atoms with Crippen molar-refractivity contribution >= 4 is 0 Å². The molecule has 2 spiro atoms. The average molecular weight is 645 g/mol. The summed E-state index contributed by atoms with van der Waals surface area (Å²) in [5, 5.41) is 10.7. The largest absolute Gasteiger partial charge is 0.389 e. The molecule has 264 valence electrons. The second-order valence-electron chi connectivity index (χ2n) is 18.8. The Balaban J connectivity index is 0.00000166. The van der Waals surface area contributed by atoms with Gasteiger partial charge in [-0.15, -0.1) is 0 Å². The second kappa shape index (κ2) is 11.4. The van der Waals surface area contributed by atoms with Crippen molar-refractivity contribution in [3.05, 3.63) is 0 Å². The fourth-order valence-electron chi connectivity index (χ4n) is 13.9. The molecule has 6 unspecified atom stereocenters. The third-order valence-electron chi connectivity index (χ3n) is 16.4. The van der Waals surface area contributed by atoms with Crippen molar-refractivity contribution in [1.82, 2.24) is 4.90 Å². The quantitative estimate of drug-likeness (QED) is 0.359. The Labute approximate surface area is 280 Å². The molecule has 13 atom stereocenters. The minimum absolute atomic E-state index is 0.0612. The number of hydrogen-bond donors (Lipinski definition) is 2. The molecule has 3 aliphatic heterocycles. The number of hydrogen-bond acceptors (Lipinski definition) is 7. The van der Waals surface area contributed by atoms with Crippen LogP contribution in [-0.4, -0.2) is 85.2 Å². The number of nitrogens with zero attached hydrogens (tertiary/aromatic N) is 1. The molecule has 3 heterocycles. The highest BCUT2D eigenvalue weighted by Gasteiger charge is 2.83. The van der Waals surface area contributed by atoms with E-state index in [0.717, 1.165) is 57.6 Å². The Morgan fingerprint density at radius 1 is 0.957 bits per heavy atom. The summed E-state index contributed by atoms with van der Waals surface area (Å²) in [7, 11) is 0. The van der Waals surface area contributed by atoms with Crippen LogP contribution in [0.4, 0.5) is 0 Å². The molecule has 8 rings (SSSR count). The van der Waals surface area contributed by atoms with Crippen molar-refractivity contribution in [3.63, 3.8) is 0 Å². The number of aliphatic hydroxyl groups is 1. The van der Waals surface area contributed by atoms with E-state index in [2.05, 4.69) is 39.5 Å². The molecule has 0 aromatic rings. The van der Waals surface area contributed by atoms with Gasteiger partial charge in [0.15, 0.2) is 6.29 Å². The van der Waals surface area contributed by atoms with Gasteiger partial charge < -0.3 is 29.8 Å². The maximum absolute atomic E-state index is 10.7. The minimum atomic E-state index is -0.928. The first-order valence-electron chi connectivity index (χ1n) is 19.4. The number of nitrogens with two attached hydrogens (primary N) is 1. The van der Waals surface area contributed by atoms with E-state index in [1.54, 1.807) is 0 Å². The zero-order valence-corrected chi connectivity index (χ0v) is 30.8. The summed E-state index contributed by atoms with van der Waals surface area (Å²) in [5.74, 6) is 2.66. The van der Waals surface area contributed by atoms with Gasteiger partial charge in [-0.25, -0.2) is 0 Å². The van der Waals surface area contributed by atoms with Crippen LogP contribution in [0.1, 0.15) is 120 Å². The Morgan fingerprint density at radius 3 is 2.33 bits per heavy atom. The van der Waals surface area contributed by atoms with Crippen molar-refractivity contribution < 1.29 is 24.1 Å². The van der Waals surface area contributed by atoms with Crippen molar-refractivity contribution in [2.24, 2.45) is 56.5 Å². The molecule has 0 bridgehead atoms. The topological polar surface area (TPSA) is 86.4 Å². The number of rotatable bonds is 5. The lowest BCUT2D eigenvalue weighted by atomic mass is 9.41. The molecule has 46 heavy (non-hydrogen) atoms. The number of fused-ring (bicyclic) bond motifs is 4. The van der Waals surface area contributed by atoms with Crippen molar-refractivity contribution in [1.29, 1.82) is 0 Å². The van der Waals surface area contributed by atoms with Crippen molar-refractivity contribution in [2.75, 3.05) is 32.9 Å². The van der Waals surface area contributed by atoms with Gasteiger partial charge in [0.05, 0.1) is 62.4 Å². The molecule has 0 amide bonds. The number of ether oxygens (including phenoxy) is 4. The van der Waals surface area contributed by atoms with E-state index in [0.29, 0.717) is 39.5 Å². The lowest BCUT2D eigenvalue weighted by Gasteiger charge is -2.63. The van der Waals surface area contributed by atoms with Gasteiger partial charge in [-0.05, 0) is 122 Å². The van der Waals surface area contributed by atoms with Gasteiger partial charge in [0, 0.05) is 6.54 Å². The van der Waals surface area contributed by atoms with Gasteiger partial charge in [0.1, 0.15) is 0 Å². The van der Waals surface area contributed by atoms with Gasteiger partial charge >= 0.3 is 0 Å². The monoisotopic (exact) mass is 645 g/mol. The van der Waals surface area contributed by atoms with Crippen LogP contribution >= 0.6 is 0 Å². The minimum Gasteiger partial charge on any atom is -0.389 e. The van der Waals surface area contributed by atoms with Crippen LogP contribution in [0.2, 0.25) is 0 Å². The molecule has 0 aromatic carbocycles. The van der Waals surface area contributed by atoms with E-state index in [1.807, 2.05) is 27.7 Å². The summed E-state index contributed by atoms with van der Waals surface area (Å²) in [5.41, 5.74) is 7.41. The fraction of sp³-hybridized carbons (Fsp3) is 1.00. The summed E-state index contributed by atoms with van der Waals surface area (Å²) in [4.78, 5) is 2.53. The molecule has 7 heteroatoms. The second-order valence-corrected chi connectivity index (χ2v) is 18.8. The molecule has 7 nitrogen and oxygen atoms in total. The van der Waals surface area contributed by atoms with Crippen LogP contribution in [0.25, 0.3) is 0 Å². The summed E-state index contributed by atoms with van der Waals surface area (Å²) in [6.07, 6.45) is 11.8. The summed E-state index contributed by atoms with van der Waals surface area (Å²) in [6, 6.07) is 0.195. The molecule has 8 fully saturated rings. The standard InChI is InChI=1S/C37H62N2O5.C2H6/c1-22-16-24(31(38)33(4,5)40)43-25-17-35(7)27-9-8-26-32(2,3)28(44-29-18-39(14-15-42-29)23-19-41-20-23)10-11-36(26)21-37(27,36)13-12-34(35,6)30(22)25;1-2/h22-31,40H,8-21,38H2,1-7H3;1-2H3/t22?,24-,25-,26+,27?,28?,29?,30+,31+,34-,35+,36?,37?;/m1./s1. The zero-order chi connectivity index (χ0) is 33.1. The van der Waals surface area contributed by atoms with E-state index in [1.165, 1.54) is 44.9 Å². The molecule has 5 aliphatic carbocycles. The molecular formula is C39H68N2O5. The normalized spacial score (nSPS) is 52.0. The first kappa shape index (κ1) is 34.2. The molecule has 0 radical (unpaired) electrons. The van der Waals surface area contributed by atoms with Crippen molar-refractivity contribution in [2.45, 2.75) is 162 Å². The molecule has 5 saturated carbocycles. The summed E-state index contributed by atoms with van der Waals surface area (Å²) in [6.45, 7) is 24.9. The van der Waals surface area contributed by atoms with E-state index in [-0.39, 0.29) is 36.1 Å². The first-order chi connectivity index (χ1) is 21.7. The molecule has 0 aromatic heterocycles. The predicted octanol–water partition coefficient (Wildman–Crippen LogP) is 6.40. The van der Waals surface area contributed by atoms with E-state index < -0.39 is 5.60 Å². The van der Waals surface area contributed by atoms with Gasteiger partial charge in [0.2, 0.25) is 0 Å². The number of morpholine rings is 1. The average Bonchev–Trinajstić information content (AvgIpc) is 3.57. The summed E-state index contributed by atoms with van der Waals surface area (Å²) < 4.78 is 25.6. The Kier molecular flexibility index (Phi) is 8.45. The zero-order valence-electron chi connectivity index (χ0n) is 30.8. The maximum Gasteiger partial charge on any atom is 0.170 e. The first-order valence-corrected chi connectivity index (χ1v) is 19.4. The van der Waals surface area contributed by atoms with Gasteiger partial charge in [-0.3, -0.25) is 4.90 Å². The predicted molar refractivity (Wildman–Crippen MR) is 181 cm³/mol. The maximum atomic E-state index is 10.7. The van der Waals surface area contributed by atoms with Crippen molar-refractivity contribution in [3.8, 4) is 0 Å². The third kappa shape index (κ3) is 4.67. The molecule has 3 saturated heterocycles. The van der Waals surface area contributed by atoms with Crippen LogP contribution in [0.15, 0.2) is 0 Å². The third-order valence-corrected chi connectivity index (χ3v) is 16.4. The van der Waals surface area contributed by atoms with Crippen LogP contribution in [-0.2, 0) is 18.9 Å². The Bertz CT molecular complexity index is 1140. The molecular weight excluding hydrogens is 576 g/mol.